The maximum absolute atomic E-state index is 13.2. The molecule has 1 amide bonds. The molecule has 2 aromatic rings. The fourth-order valence-electron chi connectivity index (χ4n) is 4.48. The Labute approximate surface area is 217 Å². The Bertz CT molecular complexity index is 1080. The normalized spacial score (nSPS) is 20.3. The van der Waals surface area contributed by atoms with Gasteiger partial charge in [0, 0.05) is 25.1 Å². The number of ether oxygens (including phenoxy) is 1. The molecule has 1 aromatic heterocycles. The third-order valence-corrected chi connectivity index (χ3v) is 6.99. The highest BCUT2D eigenvalue weighted by atomic mass is 35.5. The van der Waals surface area contributed by atoms with Gasteiger partial charge in [-0.3, -0.25) is 9.48 Å². The molecule has 1 aromatic carbocycles. The van der Waals surface area contributed by atoms with E-state index in [2.05, 4.69) is 22.1 Å². The SMILES string of the molecule is CCn1nc(C(=O)NCC2(O)CCC(C)CC2)c(Cl)c1-c1ccc(CCCC(F)(F)F)cc1OC(F)F. The summed E-state index contributed by atoms with van der Waals surface area (Å²) in [7, 11) is 0. The summed E-state index contributed by atoms with van der Waals surface area (Å²) in [5.74, 6) is -0.395. The van der Waals surface area contributed by atoms with E-state index in [1.54, 1.807) is 6.92 Å². The van der Waals surface area contributed by atoms with Gasteiger partial charge in [0.1, 0.15) is 5.75 Å². The van der Waals surface area contributed by atoms with Crippen molar-refractivity contribution in [2.24, 2.45) is 5.92 Å². The summed E-state index contributed by atoms with van der Waals surface area (Å²) in [6, 6.07) is 4.18. The van der Waals surface area contributed by atoms with Crippen LogP contribution < -0.4 is 10.1 Å². The van der Waals surface area contributed by atoms with Gasteiger partial charge in [-0.15, -0.1) is 0 Å². The number of amides is 1. The van der Waals surface area contributed by atoms with Gasteiger partial charge in [-0.05, 0) is 69.1 Å². The van der Waals surface area contributed by atoms with Gasteiger partial charge in [-0.2, -0.15) is 27.1 Å². The van der Waals surface area contributed by atoms with Gasteiger partial charge in [-0.1, -0.05) is 24.6 Å². The highest BCUT2D eigenvalue weighted by Gasteiger charge is 2.33. The van der Waals surface area contributed by atoms with E-state index in [0.29, 0.717) is 24.3 Å². The molecule has 0 spiro atoms. The number of alkyl halides is 5. The molecule has 0 saturated heterocycles. The van der Waals surface area contributed by atoms with Gasteiger partial charge >= 0.3 is 12.8 Å². The first-order valence-electron chi connectivity index (χ1n) is 12.2. The van der Waals surface area contributed by atoms with E-state index in [-0.39, 0.29) is 53.7 Å². The molecular weight excluding hydrogens is 521 g/mol. The Morgan fingerprint density at radius 3 is 2.59 bits per heavy atom. The van der Waals surface area contributed by atoms with Crippen molar-refractivity contribution in [2.75, 3.05) is 6.54 Å². The summed E-state index contributed by atoms with van der Waals surface area (Å²) >= 11 is 6.52. The number of hydrogen-bond donors (Lipinski definition) is 2. The predicted octanol–water partition coefficient (Wildman–Crippen LogP) is 6.38. The average molecular weight is 552 g/mol. The molecule has 6 nitrogen and oxygen atoms in total. The van der Waals surface area contributed by atoms with Crippen molar-refractivity contribution >= 4 is 17.5 Å². The second kappa shape index (κ2) is 12.0. The third kappa shape index (κ3) is 7.80. The van der Waals surface area contributed by atoms with E-state index in [1.807, 2.05) is 0 Å². The molecule has 0 unspecified atom stereocenters. The van der Waals surface area contributed by atoms with Crippen molar-refractivity contribution in [3.05, 3.63) is 34.5 Å². The van der Waals surface area contributed by atoms with E-state index in [9.17, 15) is 31.9 Å². The molecule has 1 aliphatic carbocycles. The maximum Gasteiger partial charge on any atom is 0.389 e. The number of nitrogens with zero attached hydrogens (tertiary/aromatic N) is 2. The van der Waals surface area contributed by atoms with Crippen molar-refractivity contribution in [3.63, 3.8) is 0 Å². The molecule has 1 aliphatic rings. The molecule has 37 heavy (non-hydrogen) atoms. The van der Waals surface area contributed by atoms with Crippen LogP contribution in [0.25, 0.3) is 11.3 Å². The quantitative estimate of drug-likeness (QED) is 0.336. The van der Waals surface area contributed by atoms with E-state index in [1.165, 1.54) is 22.9 Å². The number of aryl methyl sites for hydroxylation is 2. The summed E-state index contributed by atoms with van der Waals surface area (Å²) in [5, 5.41) is 17.6. The Kier molecular flexibility index (Phi) is 9.44. The second-order valence-corrected chi connectivity index (χ2v) is 9.97. The van der Waals surface area contributed by atoms with Gasteiger partial charge in [0.2, 0.25) is 0 Å². The number of benzene rings is 1. The van der Waals surface area contributed by atoms with Crippen molar-refractivity contribution < 1.29 is 36.6 Å². The van der Waals surface area contributed by atoms with Crippen LogP contribution >= 0.6 is 11.6 Å². The van der Waals surface area contributed by atoms with E-state index < -0.39 is 30.7 Å². The van der Waals surface area contributed by atoms with Crippen molar-refractivity contribution in [2.45, 2.75) is 83.7 Å². The summed E-state index contributed by atoms with van der Waals surface area (Å²) in [5.41, 5.74) is -0.487. The first-order valence-corrected chi connectivity index (χ1v) is 12.6. The number of nitrogens with one attached hydrogen (secondary N) is 1. The molecular formula is C25H31ClF5N3O3. The van der Waals surface area contributed by atoms with Gasteiger partial charge < -0.3 is 15.2 Å². The number of carbonyl (C=O) groups is 1. The summed E-state index contributed by atoms with van der Waals surface area (Å²) in [6.07, 6.45) is -2.70. The lowest BCUT2D eigenvalue weighted by atomic mass is 9.79. The minimum atomic E-state index is -4.31. The van der Waals surface area contributed by atoms with Crippen LogP contribution in [0.2, 0.25) is 5.02 Å². The number of rotatable bonds is 10. The van der Waals surface area contributed by atoms with Crippen molar-refractivity contribution in [1.82, 2.24) is 15.1 Å². The molecule has 2 N–H and O–H groups in total. The summed E-state index contributed by atoms with van der Waals surface area (Å²) in [4.78, 5) is 12.9. The Morgan fingerprint density at radius 2 is 2.00 bits per heavy atom. The Morgan fingerprint density at radius 1 is 1.32 bits per heavy atom. The van der Waals surface area contributed by atoms with Crippen LogP contribution in [-0.2, 0) is 13.0 Å². The number of aromatic nitrogens is 2. The van der Waals surface area contributed by atoms with Crippen LogP contribution in [0.15, 0.2) is 18.2 Å². The lowest BCUT2D eigenvalue weighted by Gasteiger charge is -2.34. The molecule has 1 heterocycles. The molecule has 0 radical (unpaired) electrons. The van der Waals surface area contributed by atoms with Crippen LogP contribution in [0.3, 0.4) is 0 Å². The fraction of sp³-hybridized carbons (Fsp3) is 0.600. The molecule has 1 saturated carbocycles. The Hall–Kier alpha value is -2.40. The van der Waals surface area contributed by atoms with Crippen LogP contribution in [0.5, 0.6) is 5.75 Å². The zero-order valence-electron chi connectivity index (χ0n) is 20.7. The largest absolute Gasteiger partial charge is 0.434 e. The lowest BCUT2D eigenvalue weighted by molar-refractivity contribution is -0.135. The minimum absolute atomic E-state index is 0.00943. The molecule has 0 atom stereocenters. The summed E-state index contributed by atoms with van der Waals surface area (Å²) in [6.45, 7) is 0.904. The second-order valence-electron chi connectivity index (χ2n) is 9.59. The van der Waals surface area contributed by atoms with E-state index in [4.69, 9.17) is 11.6 Å². The van der Waals surface area contributed by atoms with Gasteiger partial charge in [-0.25, -0.2) is 0 Å². The van der Waals surface area contributed by atoms with Gasteiger partial charge in [0.15, 0.2) is 5.69 Å². The smallest absolute Gasteiger partial charge is 0.389 e. The number of halogens is 6. The lowest BCUT2D eigenvalue weighted by Crippen LogP contribution is -2.45. The van der Waals surface area contributed by atoms with Crippen LogP contribution in [0.4, 0.5) is 22.0 Å². The zero-order valence-corrected chi connectivity index (χ0v) is 21.4. The zero-order chi connectivity index (χ0) is 27.4. The topological polar surface area (TPSA) is 76.4 Å². The fourth-order valence-corrected chi connectivity index (χ4v) is 4.80. The van der Waals surface area contributed by atoms with E-state index in [0.717, 1.165) is 12.8 Å². The highest BCUT2D eigenvalue weighted by Crippen LogP contribution is 2.39. The van der Waals surface area contributed by atoms with Crippen LogP contribution in [0.1, 0.15) is 68.4 Å². The molecule has 206 valence electrons. The number of aliphatic hydroxyl groups is 1. The monoisotopic (exact) mass is 551 g/mol. The van der Waals surface area contributed by atoms with E-state index >= 15 is 0 Å². The minimum Gasteiger partial charge on any atom is -0.434 e. The molecule has 1 fully saturated rings. The standard InChI is InChI=1S/C25H31ClF5N3O3/c1-3-34-21(17-7-6-16(5-4-10-25(29,30)31)13-18(17)37-23(27)28)19(26)20(33-34)22(35)32-14-24(36)11-8-15(2)9-12-24/h6-7,13,15,23,36H,3-5,8-12,14H2,1-2H3,(H,32,35). The number of carbonyl (C=O) groups excluding carboxylic acids is 1. The van der Waals surface area contributed by atoms with Crippen LogP contribution in [-0.4, -0.2) is 45.7 Å². The van der Waals surface area contributed by atoms with Crippen molar-refractivity contribution in [3.8, 4) is 17.0 Å². The molecule has 0 aliphatic heterocycles. The maximum atomic E-state index is 13.2. The molecule has 12 heteroatoms. The third-order valence-electron chi connectivity index (χ3n) is 6.64. The number of hydrogen-bond acceptors (Lipinski definition) is 4. The Balaban J connectivity index is 1.86. The highest BCUT2D eigenvalue weighted by molar-refractivity contribution is 6.36. The molecule has 3 rings (SSSR count). The van der Waals surface area contributed by atoms with Crippen LogP contribution in [0, 0.1) is 5.92 Å². The first kappa shape index (κ1) is 29.2. The van der Waals surface area contributed by atoms with Crippen molar-refractivity contribution in [1.29, 1.82) is 0 Å². The summed E-state index contributed by atoms with van der Waals surface area (Å²) < 4.78 is 69.9. The molecule has 0 bridgehead atoms. The van der Waals surface area contributed by atoms with Gasteiger partial charge in [0.05, 0.1) is 16.3 Å². The van der Waals surface area contributed by atoms with Gasteiger partial charge in [0.25, 0.3) is 5.91 Å². The first-order chi connectivity index (χ1) is 17.3. The average Bonchev–Trinajstić information content (AvgIpc) is 3.15. The predicted molar refractivity (Wildman–Crippen MR) is 129 cm³/mol.